The second-order valence-corrected chi connectivity index (χ2v) is 9.64. The number of likely N-dealkylation sites (N-methyl/N-ethyl adjacent to an activating group) is 2. The van der Waals surface area contributed by atoms with Gasteiger partial charge in [-0.25, -0.2) is 0 Å². The molecular formula is C29H42N4O. The molecule has 0 saturated carbocycles. The van der Waals surface area contributed by atoms with E-state index >= 15 is 0 Å². The van der Waals surface area contributed by atoms with E-state index in [0.29, 0.717) is 12.1 Å². The van der Waals surface area contributed by atoms with Crippen LogP contribution in [-0.2, 0) is 0 Å². The van der Waals surface area contributed by atoms with E-state index in [1.165, 1.54) is 24.2 Å². The molecule has 5 nitrogen and oxygen atoms in total. The van der Waals surface area contributed by atoms with Crippen LogP contribution in [0.15, 0.2) is 48.5 Å². The summed E-state index contributed by atoms with van der Waals surface area (Å²) in [5.41, 5.74) is 3.97. The Morgan fingerprint density at radius 1 is 0.676 bits per heavy atom. The van der Waals surface area contributed by atoms with Crippen molar-refractivity contribution in [3.8, 4) is 0 Å². The summed E-state index contributed by atoms with van der Waals surface area (Å²) in [6, 6.07) is 17.7. The maximum atomic E-state index is 13.1. The molecule has 2 aromatic rings. The van der Waals surface area contributed by atoms with E-state index in [9.17, 15) is 4.79 Å². The predicted octanol–water partition coefficient (Wildman–Crippen LogP) is 4.76. The first-order chi connectivity index (χ1) is 16.6. The summed E-state index contributed by atoms with van der Waals surface area (Å²) >= 11 is 0. The zero-order chi connectivity index (χ0) is 24.1. The Labute approximate surface area is 206 Å². The van der Waals surface area contributed by atoms with Crippen molar-refractivity contribution in [1.82, 2.24) is 9.80 Å². The highest BCUT2D eigenvalue weighted by Gasteiger charge is 2.27. The minimum atomic E-state index is 0.1000. The van der Waals surface area contributed by atoms with Crippen molar-refractivity contribution in [1.29, 1.82) is 0 Å². The fourth-order valence-corrected chi connectivity index (χ4v) is 5.84. The van der Waals surface area contributed by atoms with Gasteiger partial charge in [0.05, 0.1) is 0 Å². The third-order valence-electron chi connectivity index (χ3n) is 7.97. The first-order valence-corrected chi connectivity index (χ1v) is 13.3. The molecule has 0 aromatic heterocycles. The van der Waals surface area contributed by atoms with E-state index in [1.54, 1.807) is 0 Å². The molecule has 5 heteroatoms. The molecule has 184 valence electrons. The van der Waals surface area contributed by atoms with Crippen LogP contribution < -0.4 is 9.80 Å². The Hall–Kier alpha value is -2.37. The van der Waals surface area contributed by atoms with Gasteiger partial charge in [0.1, 0.15) is 0 Å². The number of hydrogen-bond donors (Lipinski definition) is 0. The highest BCUT2D eigenvalue weighted by molar-refractivity contribution is 6.09. The summed E-state index contributed by atoms with van der Waals surface area (Å²) in [5.74, 6) is 0.1000. The zero-order valence-electron chi connectivity index (χ0n) is 21.5. The molecule has 0 spiro atoms. The van der Waals surface area contributed by atoms with Crippen LogP contribution >= 0.6 is 0 Å². The lowest BCUT2D eigenvalue weighted by Gasteiger charge is -2.26. The summed E-state index contributed by atoms with van der Waals surface area (Å²) < 4.78 is 0. The van der Waals surface area contributed by atoms with Crippen LogP contribution in [0.4, 0.5) is 11.4 Å². The maximum Gasteiger partial charge on any atom is 0.193 e. The molecule has 0 amide bonds. The van der Waals surface area contributed by atoms with Gasteiger partial charge in [-0.15, -0.1) is 0 Å². The van der Waals surface area contributed by atoms with Crippen molar-refractivity contribution in [2.24, 2.45) is 0 Å². The minimum absolute atomic E-state index is 0.1000. The van der Waals surface area contributed by atoms with Crippen molar-refractivity contribution in [3.05, 3.63) is 59.7 Å². The highest BCUT2D eigenvalue weighted by atomic mass is 16.1. The van der Waals surface area contributed by atoms with Crippen LogP contribution in [-0.4, -0.2) is 80.0 Å². The Bertz CT molecular complexity index is 843. The van der Waals surface area contributed by atoms with Crippen LogP contribution in [0.2, 0.25) is 0 Å². The molecule has 0 aliphatic carbocycles. The van der Waals surface area contributed by atoms with E-state index in [1.807, 2.05) is 24.3 Å². The first kappa shape index (κ1) is 24.7. The minimum Gasteiger partial charge on any atom is -0.370 e. The van der Waals surface area contributed by atoms with E-state index in [2.05, 4.69) is 71.6 Å². The summed E-state index contributed by atoms with van der Waals surface area (Å²) in [7, 11) is 0. The number of carbonyl (C=O) groups is 1. The van der Waals surface area contributed by atoms with Gasteiger partial charge in [0.2, 0.25) is 0 Å². The normalized spacial score (nSPS) is 20.6. The number of rotatable bonds is 10. The summed E-state index contributed by atoms with van der Waals surface area (Å²) in [6.45, 7) is 17.7. The molecule has 2 atom stereocenters. The molecule has 2 aliphatic rings. The Balaban J connectivity index is 1.36. The van der Waals surface area contributed by atoms with Gasteiger partial charge >= 0.3 is 0 Å². The molecule has 0 bridgehead atoms. The highest BCUT2D eigenvalue weighted by Crippen LogP contribution is 2.26. The van der Waals surface area contributed by atoms with Gasteiger partial charge in [0.25, 0.3) is 0 Å². The SMILES string of the molecule is CCN(CC)C1CCN(c2ccc(C(=O)c3ccc(N4CCC(N(CC)CC)C4)cc3)cc2)C1. The lowest BCUT2D eigenvalue weighted by Crippen LogP contribution is -2.37. The molecule has 34 heavy (non-hydrogen) atoms. The van der Waals surface area contributed by atoms with Gasteiger partial charge in [-0.2, -0.15) is 0 Å². The van der Waals surface area contributed by atoms with Gasteiger partial charge < -0.3 is 9.80 Å². The van der Waals surface area contributed by atoms with E-state index in [4.69, 9.17) is 0 Å². The van der Waals surface area contributed by atoms with Crippen molar-refractivity contribution in [3.63, 3.8) is 0 Å². The van der Waals surface area contributed by atoms with Gasteiger partial charge in [-0.05, 0) is 87.6 Å². The van der Waals surface area contributed by atoms with Crippen LogP contribution in [0.3, 0.4) is 0 Å². The van der Waals surface area contributed by atoms with Gasteiger partial charge in [0.15, 0.2) is 5.78 Å². The van der Waals surface area contributed by atoms with Crippen molar-refractivity contribution in [2.75, 3.05) is 62.2 Å². The lowest BCUT2D eigenvalue weighted by molar-refractivity contribution is 0.103. The van der Waals surface area contributed by atoms with Crippen molar-refractivity contribution < 1.29 is 4.79 Å². The fourth-order valence-electron chi connectivity index (χ4n) is 5.84. The fraction of sp³-hybridized carbons (Fsp3) is 0.552. The molecule has 2 saturated heterocycles. The molecule has 2 aromatic carbocycles. The Morgan fingerprint density at radius 3 is 1.35 bits per heavy atom. The van der Waals surface area contributed by atoms with Crippen LogP contribution in [0.1, 0.15) is 56.5 Å². The number of benzene rings is 2. The Kier molecular flexibility index (Phi) is 8.28. The predicted molar refractivity (Wildman–Crippen MR) is 143 cm³/mol. The van der Waals surface area contributed by atoms with Crippen molar-refractivity contribution >= 4 is 17.2 Å². The number of carbonyl (C=O) groups excluding carboxylic acids is 1. The quantitative estimate of drug-likeness (QED) is 0.475. The van der Waals surface area contributed by atoms with E-state index in [-0.39, 0.29) is 5.78 Å². The number of ketones is 1. The molecule has 2 aliphatic heterocycles. The second kappa shape index (κ2) is 11.4. The number of hydrogen-bond acceptors (Lipinski definition) is 5. The first-order valence-electron chi connectivity index (χ1n) is 13.3. The topological polar surface area (TPSA) is 30.0 Å². The number of anilines is 2. The average molecular weight is 463 g/mol. The van der Waals surface area contributed by atoms with Crippen molar-refractivity contribution in [2.45, 2.75) is 52.6 Å². The maximum absolute atomic E-state index is 13.1. The molecule has 2 unspecified atom stereocenters. The Morgan fingerprint density at radius 2 is 1.03 bits per heavy atom. The summed E-state index contributed by atoms with van der Waals surface area (Å²) in [6.07, 6.45) is 2.42. The third kappa shape index (κ3) is 5.31. The zero-order valence-corrected chi connectivity index (χ0v) is 21.5. The van der Waals surface area contributed by atoms with E-state index < -0.39 is 0 Å². The smallest absolute Gasteiger partial charge is 0.193 e. The second-order valence-electron chi connectivity index (χ2n) is 9.64. The molecule has 0 N–H and O–H groups in total. The summed E-state index contributed by atoms with van der Waals surface area (Å²) in [4.78, 5) is 23.1. The van der Waals surface area contributed by atoms with E-state index in [0.717, 1.165) is 63.5 Å². The van der Waals surface area contributed by atoms with Crippen LogP contribution in [0, 0.1) is 0 Å². The lowest BCUT2D eigenvalue weighted by atomic mass is 10.0. The largest absolute Gasteiger partial charge is 0.370 e. The molecule has 0 radical (unpaired) electrons. The standard InChI is InChI=1S/C29H42N4O/c1-5-30(6-2)27-17-19-32(21-27)25-13-9-23(10-14-25)29(34)24-11-15-26(16-12-24)33-20-18-28(22-33)31(7-3)8-4/h9-16,27-28H,5-8,17-22H2,1-4H3. The number of nitrogens with zero attached hydrogens (tertiary/aromatic N) is 4. The van der Waals surface area contributed by atoms with Crippen LogP contribution in [0.25, 0.3) is 0 Å². The van der Waals surface area contributed by atoms with Gasteiger partial charge in [0, 0.05) is 60.8 Å². The third-order valence-corrected chi connectivity index (χ3v) is 7.97. The molecule has 2 heterocycles. The monoisotopic (exact) mass is 462 g/mol. The average Bonchev–Trinajstić information content (AvgIpc) is 3.56. The summed E-state index contributed by atoms with van der Waals surface area (Å²) in [5, 5.41) is 0. The van der Waals surface area contributed by atoms with Gasteiger partial charge in [-0.3, -0.25) is 14.6 Å². The molecular weight excluding hydrogens is 420 g/mol. The van der Waals surface area contributed by atoms with Gasteiger partial charge in [-0.1, -0.05) is 27.7 Å². The van der Waals surface area contributed by atoms with Crippen LogP contribution in [0.5, 0.6) is 0 Å². The molecule has 4 rings (SSSR count). The molecule has 2 fully saturated rings.